The first-order valence-electron chi connectivity index (χ1n) is 6.34. The van der Waals surface area contributed by atoms with Crippen LogP contribution in [0.1, 0.15) is 36.7 Å². The van der Waals surface area contributed by atoms with Crippen molar-refractivity contribution < 1.29 is 14.6 Å². The fourth-order valence-corrected chi connectivity index (χ4v) is 1.67. The van der Waals surface area contributed by atoms with Gasteiger partial charge in [-0.1, -0.05) is 26.8 Å². The Morgan fingerprint density at radius 1 is 1.10 bits per heavy atom. The van der Waals surface area contributed by atoms with Crippen LogP contribution < -0.4 is 4.74 Å². The molecule has 0 bridgehead atoms. The molecule has 1 aromatic heterocycles. The van der Waals surface area contributed by atoms with Crippen molar-refractivity contribution in [1.82, 2.24) is 4.98 Å². The Morgan fingerprint density at radius 2 is 1.75 bits per heavy atom. The Morgan fingerprint density at radius 3 is 2.20 bits per heavy atom. The van der Waals surface area contributed by atoms with Gasteiger partial charge in [-0.15, -0.1) is 0 Å². The lowest BCUT2D eigenvalue weighted by Crippen LogP contribution is -2.11. The standard InChI is InChI=1S/C16H17NO3/c1-16(2,3)12-6-9-14(17-10-12)20-13-7-4-11(5-8-13)15(18)19/h4-10H,1-3H3,(H,18,19). The first-order valence-corrected chi connectivity index (χ1v) is 6.34. The van der Waals surface area contributed by atoms with E-state index in [9.17, 15) is 4.79 Å². The predicted octanol–water partition coefficient (Wildman–Crippen LogP) is 3.87. The molecule has 0 radical (unpaired) electrons. The van der Waals surface area contributed by atoms with Crippen molar-refractivity contribution in [1.29, 1.82) is 0 Å². The predicted molar refractivity (Wildman–Crippen MR) is 76.4 cm³/mol. The fraction of sp³-hybridized carbons (Fsp3) is 0.250. The van der Waals surface area contributed by atoms with E-state index in [2.05, 4.69) is 25.8 Å². The van der Waals surface area contributed by atoms with Crippen LogP contribution >= 0.6 is 0 Å². The molecule has 0 aliphatic heterocycles. The maximum absolute atomic E-state index is 10.7. The summed E-state index contributed by atoms with van der Waals surface area (Å²) in [5.41, 5.74) is 1.41. The molecule has 2 aromatic rings. The number of carbonyl (C=O) groups is 1. The third-order valence-corrected chi connectivity index (χ3v) is 2.93. The van der Waals surface area contributed by atoms with E-state index in [-0.39, 0.29) is 11.0 Å². The van der Waals surface area contributed by atoms with Gasteiger partial charge in [0, 0.05) is 12.3 Å². The summed E-state index contributed by atoms with van der Waals surface area (Å²) >= 11 is 0. The maximum Gasteiger partial charge on any atom is 0.335 e. The Balaban J connectivity index is 2.12. The molecule has 4 heteroatoms. The van der Waals surface area contributed by atoms with Gasteiger partial charge in [0.2, 0.25) is 5.88 Å². The summed E-state index contributed by atoms with van der Waals surface area (Å²) in [4.78, 5) is 15.0. The van der Waals surface area contributed by atoms with Crippen LogP contribution in [0.3, 0.4) is 0 Å². The van der Waals surface area contributed by atoms with Gasteiger partial charge in [0.15, 0.2) is 0 Å². The monoisotopic (exact) mass is 271 g/mol. The zero-order valence-corrected chi connectivity index (χ0v) is 11.8. The van der Waals surface area contributed by atoms with Crippen LogP contribution in [0.2, 0.25) is 0 Å². The lowest BCUT2D eigenvalue weighted by Gasteiger charge is -2.18. The normalized spacial score (nSPS) is 11.2. The van der Waals surface area contributed by atoms with Gasteiger partial charge in [-0.25, -0.2) is 9.78 Å². The van der Waals surface area contributed by atoms with Crippen molar-refractivity contribution in [2.75, 3.05) is 0 Å². The Bertz CT molecular complexity index is 595. The maximum atomic E-state index is 10.7. The number of aromatic carboxylic acids is 1. The molecule has 2 rings (SSSR count). The van der Waals surface area contributed by atoms with Crippen molar-refractivity contribution in [3.05, 3.63) is 53.7 Å². The highest BCUT2D eigenvalue weighted by atomic mass is 16.5. The summed E-state index contributed by atoms with van der Waals surface area (Å²) in [6.45, 7) is 6.36. The van der Waals surface area contributed by atoms with Gasteiger partial charge >= 0.3 is 5.97 Å². The topological polar surface area (TPSA) is 59.4 Å². The average Bonchev–Trinajstić information content (AvgIpc) is 2.39. The van der Waals surface area contributed by atoms with Crippen LogP contribution in [-0.4, -0.2) is 16.1 Å². The number of hydrogen-bond acceptors (Lipinski definition) is 3. The van der Waals surface area contributed by atoms with E-state index in [4.69, 9.17) is 9.84 Å². The molecule has 0 saturated heterocycles. The second kappa shape index (κ2) is 5.33. The van der Waals surface area contributed by atoms with E-state index >= 15 is 0 Å². The zero-order chi connectivity index (χ0) is 14.8. The highest BCUT2D eigenvalue weighted by molar-refractivity contribution is 5.87. The second-order valence-corrected chi connectivity index (χ2v) is 5.57. The quantitative estimate of drug-likeness (QED) is 0.920. The first-order chi connectivity index (χ1) is 9.36. The molecule has 1 heterocycles. The fourth-order valence-electron chi connectivity index (χ4n) is 1.67. The minimum Gasteiger partial charge on any atom is -0.478 e. The number of nitrogens with zero attached hydrogens (tertiary/aromatic N) is 1. The number of pyridine rings is 1. The molecule has 20 heavy (non-hydrogen) atoms. The van der Waals surface area contributed by atoms with E-state index in [1.807, 2.05) is 12.1 Å². The van der Waals surface area contributed by atoms with Gasteiger partial charge < -0.3 is 9.84 Å². The molecule has 4 nitrogen and oxygen atoms in total. The van der Waals surface area contributed by atoms with E-state index < -0.39 is 5.97 Å². The largest absolute Gasteiger partial charge is 0.478 e. The highest BCUT2D eigenvalue weighted by Gasteiger charge is 2.14. The zero-order valence-electron chi connectivity index (χ0n) is 11.8. The average molecular weight is 271 g/mol. The van der Waals surface area contributed by atoms with Gasteiger partial charge in [0.1, 0.15) is 5.75 Å². The van der Waals surface area contributed by atoms with Gasteiger partial charge in [-0.2, -0.15) is 0 Å². The summed E-state index contributed by atoms with van der Waals surface area (Å²) in [6.07, 6.45) is 1.79. The van der Waals surface area contributed by atoms with Crippen LogP contribution in [0, 0.1) is 0 Å². The smallest absolute Gasteiger partial charge is 0.335 e. The SMILES string of the molecule is CC(C)(C)c1ccc(Oc2ccc(C(=O)O)cc2)nc1. The van der Waals surface area contributed by atoms with Gasteiger partial charge in [-0.05, 0) is 35.2 Å². The lowest BCUT2D eigenvalue weighted by molar-refractivity contribution is 0.0697. The van der Waals surface area contributed by atoms with Crippen LogP contribution in [0.5, 0.6) is 11.6 Å². The van der Waals surface area contributed by atoms with E-state index in [0.717, 1.165) is 5.56 Å². The minimum atomic E-state index is -0.954. The molecule has 0 spiro atoms. The molecule has 0 atom stereocenters. The van der Waals surface area contributed by atoms with E-state index in [1.54, 1.807) is 18.3 Å². The molecule has 1 N–H and O–H groups in total. The van der Waals surface area contributed by atoms with Crippen LogP contribution in [0.4, 0.5) is 0 Å². The first kappa shape index (κ1) is 14.1. The number of hydrogen-bond donors (Lipinski definition) is 1. The van der Waals surface area contributed by atoms with E-state index in [1.165, 1.54) is 12.1 Å². The molecule has 0 aliphatic carbocycles. The summed E-state index contributed by atoms with van der Waals surface area (Å²) in [5, 5.41) is 8.82. The Kier molecular flexibility index (Phi) is 3.74. The summed E-state index contributed by atoms with van der Waals surface area (Å²) in [6, 6.07) is 10.0. The molecular formula is C16H17NO3. The van der Waals surface area contributed by atoms with Crippen molar-refractivity contribution in [2.45, 2.75) is 26.2 Å². The molecule has 0 saturated carbocycles. The Labute approximate surface area is 118 Å². The van der Waals surface area contributed by atoms with Crippen LogP contribution in [0.25, 0.3) is 0 Å². The molecule has 104 valence electrons. The lowest BCUT2D eigenvalue weighted by atomic mass is 9.88. The van der Waals surface area contributed by atoms with Gasteiger partial charge in [0.25, 0.3) is 0 Å². The molecule has 0 aliphatic rings. The number of carboxylic acids is 1. The summed E-state index contributed by atoms with van der Waals surface area (Å²) in [5.74, 6) is 0.0938. The van der Waals surface area contributed by atoms with Crippen LogP contribution in [-0.2, 0) is 5.41 Å². The number of aromatic nitrogens is 1. The number of carboxylic acid groups (broad SMARTS) is 1. The van der Waals surface area contributed by atoms with Crippen molar-refractivity contribution in [3.63, 3.8) is 0 Å². The molecule has 1 aromatic carbocycles. The summed E-state index contributed by atoms with van der Waals surface area (Å²) in [7, 11) is 0. The molecule has 0 amide bonds. The van der Waals surface area contributed by atoms with Gasteiger partial charge in [-0.3, -0.25) is 0 Å². The van der Waals surface area contributed by atoms with Crippen molar-refractivity contribution >= 4 is 5.97 Å². The minimum absolute atomic E-state index is 0.0503. The number of benzene rings is 1. The number of rotatable bonds is 3. The van der Waals surface area contributed by atoms with Crippen LogP contribution in [0.15, 0.2) is 42.6 Å². The van der Waals surface area contributed by atoms with Crippen molar-refractivity contribution in [3.8, 4) is 11.6 Å². The Hall–Kier alpha value is -2.36. The van der Waals surface area contributed by atoms with Crippen molar-refractivity contribution in [2.24, 2.45) is 0 Å². The molecular weight excluding hydrogens is 254 g/mol. The number of ether oxygens (including phenoxy) is 1. The third-order valence-electron chi connectivity index (χ3n) is 2.93. The summed E-state index contributed by atoms with van der Waals surface area (Å²) < 4.78 is 5.58. The highest BCUT2D eigenvalue weighted by Crippen LogP contribution is 2.24. The van der Waals surface area contributed by atoms with Gasteiger partial charge in [0.05, 0.1) is 5.56 Å². The second-order valence-electron chi connectivity index (χ2n) is 5.57. The molecule has 0 unspecified atom stereocenters. The third kappa shape index (κ3) is 3.35. The molecule has 0 fully saturated rings. The van der Waals surface area contributed by atoms with E-state index in [0.29, 0.717) is 11.6 Å².